The first-order valence-corrected chi connectivity index (χ1v) is 9.23. The van der Waals surface area contributed by atoms with Crippen molar-refractivity contribution in [1.82, 2.24) is 0 Å². The second-order valence-corrected chi connectivity index (χ2v) is 6.89. The Morgan fingerprint density at radius 2 is 2.08 bits per heavy atom. The smallest absolute Gasteiger partial charge is 0.257 e. The monoisotopic (exact) mass is 354 g/mol. The van der Waals surface area contributed by atoms with E-state index < -0.39 is 0 Å². The molecule has 25 heavy (non-hydrogen) atoms. The molecule has 0 radical (unpaired) electrons. The summed E-state index contributed by atoms with van der Waals surface area (Å²) >= 11 is 1.36. The lowest BCUT2D eigenvalue weighted by molar-refractivity contribution is -0.439. The summed E-state index contributed by atoms with van der Waals surface area (Å²) in [5.74, 6) is 0.885. The maximum absolute atomic E-state index is 12.2. The van der Waals surface area contributed by atoms with Crippen molar-refractivity contribution < 1.29 is 14.5 Å². The molecule has 128 valence electrons. The number of amides is 1. The number of methoxy groups -OCH3 is 1. The molecule has 2 N–H and O–H groups in total. The minimum atomic E-state index is -0.106. The Kier molecular flexibility index (Phi) is 5.56. The van der Waals surface area contributed by atoms with Gasteiger partial charge in [-0.3, -0.25) is 4.79 Å². The summed E-state index contributed by atoms with van der Waals surface area (Å²) in [6, 6.07) is 11.4. The van der Waals surface area contributed by atoms with Crippen LogP contribution in [0.2, 0.25) is 0 Å². The summed E-state index contributed by atoms with van der Waals surface area (Å²) in [5.41, 5.74) is 3.77. The number of nitrogens with zero attached hydrogens (tertiary/aromatic N) is 1. The summed E-state index contributed by atoms with van der Waals surface area (Å²) in [5, 5.41) is 13.0. The zero-order chi connectivity index (χ0) is 17.6. The Morgan fingerprint density at radius 1 is 1.32 bits per heavy atom. The number of rotatable bonds is 5. The van der Waals surface area contributed by atoms with E-state index in [1.54, 1.807) is 31.4 Å². The number of aromatic amines is 1. The third-order valence-electron chi connectivity index (χ3n) is 4.18. The average molecular weight is 354 g/mol. The SMILES string of the molecule is COc1ccc(NC(=O)CSc2[nH+]c3c(cc2C#N)CCCC3)cc1. The van der Waals surface area contributed by atoms with Crippen LogP contribution in [0, 0.1) is 11.3 Å². The number of H-pyrrole nitrogens is 1. The largest absolute Gasteiger partial charge is 0.497 e. The number of thioether (sulfide) groups is 1. The Bertz CT molecular complexity index is 813. The van der Waals surface area contributed by atoms with Crippen molar-refractivity contribution in [2.75, 3.05) is 18.2 Å². The molecule has 1 aromatic heterocycles. The van der Waals surface area contributed by atoms with Crippen molar-refractivity contribution in [3.63, 3.8) is 0 Å². The average Bonchev–Trinajstić information content (AvgIpc) is 2.66. The predicted molar refractivity (Wildman–Crippen MR) is 96.7 cm³/mol. The molecule has 5 nitrogen and oxygen atoms in total. The first-order chi connectivity index (χ1) is 12.2. The Morgan fingerprint density at radius 3 is 2.80 bits per heavy atom. The minimum absolute atomic E-state index is 0.106. The van der Waals surface area contributed by atoms with Crippen molar-refractivity contribution in [3.8, 4) is 11.8 Å². The molecule has 1 amide bonds. The van der Waals surface area contributed by atoms with Gasteiger partial charge in [-0.05, 0) is 61.4 Å². The number of aromatic nitrogens is 1. The molecule has 0 unspecified atom stereocenters. The van der Waals surface area contributed by atoms with E-state index in [1.165, 1.54) is 29.4 Å². The maximum Gasteiger partial charge on any atom is 0.257 e. The van der Waals surface area contributed by atoms with Crippen LogP contribution >= 0.6 is 11.8 Å². The number of benzene rings is 1. The van der Waals surface area contributed by atoms with E-state index in [9.17, 15) is 10.1 Å². The number of nitriles is 1. The van der Waals surface area contributed by atoms with Gasteiger partial charge in [0.15, 0.2) is 5.69 Å². The van der Waals surface area contributed by atoms with E-state index in [4.69, 9.17) is 4.74 Å². The third-order valence-corrected chi connectivity index (χ3v) is 5.20. The molecule has 6 heteroatoms. The lowest BCUT2D eigenvalue weighted by Crippen LogP contribution is -2.23. The van der Waals surface area contributed by atoms with Crippen LogP contribution in [0.25, 0.3) is 0 Å². The molecule has 0 atom stereocenters. The number of carbonyl (C=O) groups is 1. The van der Waals surface area contributed by atoms with Gasteiger partial charge in [-0.2, -0.15) is 5.26 Å². The normalized spacial score (nSPS) is 12.8. The van der Waals surface area contributed by atoms with Crippen molar-refractivity contribution >= 4 is 23.4 Å². The molecule has 1 aliphatic rings. The summed E-state index contributed by atoms with van der Waals surface area (Å²) in [4.78, 5) is 15.5. The summed E-state index contributed by atoms with van der Waals surface area (Å²) < 4.78 is 5.10. The van der Waals surface area contributed by atoms with Gasteiger partial charge < -0.3 is 10.1 Å². The van der Waals surface area contributed by atoms with Gasteiger partial charge in [0.2, 0.25) is 5.91 Å². The lowest BCUT2D eigenvalue weighted by Gasteiger charge is -2.11. The van der Waals surface area contributed by atoms with Crippen molar-refractivity contribution in [3.05, 3.63) is 47.2 Å². The van der Waals surface area contributed by atoms with Gasteiger partial charge in [-0.15, -0.1) is 0 Å². The van der Waals surface area contributed by atoms with Gasteiger partial charge in [-0.1, -0.05) is 0 Å². The van der Waals surface area contributed by atoms with Crippen LogP contribution in [0.4, 0.5) is 5.69 Å². The number of ether oxygens (including phenoxy) is 1. The summed E-state index contributed by atoms with van der Waals surface area (Å²) in [7, 11) is 1.60. The van der Waals surface area contributed by atoms with Gasteiger partial charge in [0, 0.05) is 17.7 Å². The fraction of sp³-hybridized carbons (Fsp3) is 0.316. The van der Waals surface area contributed by atoms with Crippen molar-refractivity contribution in [1.29, 1.82) is 5.26 Å². The summed E-state index contributed by atoms with van der Waals surface area (Å²) in [6.45, 7) is 0. The topological polar surface area (TPSA) is 76.3 Å². The number of nitrogens with one attached hydrogen (secondary N) is 2. The zero-order valence-electron chi connectivity index (χ0n) is 14.1. The second-order valence-electron chi connectivity index (χ2n) is 5.90. The fourth-order valence-corrected chi connectivity index (χ4v) is 3.68. The highest BCUT2D eigenvalue weighted by molar-refractivity contribution is 7.99. The number of carbonyl (C=O) groups excluding carboxylic acids is 1. The standard InChI is InChI=1S/C19H19N3O2S/c1-24-16-8-6-15(7-9-16)21-18(23)12-25-19-14(11-20)10-13-4-2-3-5-17(13)22-19/h6-10H,2-5,12H2,1H3,(H,21,23)/p+1. The van der Waals surface area contributed by atoms with Crippen LogP contribution in [0.1, 0.15) is 29.7 Å². The van der Waals surface area contributed by atoms with Gasteiger partial charge in [0.05, 0.1) is 12.9 Å². The molecule has 0 saturated heterocycles. The number of pyridine rings is 1. The van der Waals surface area contributed by atoms with Gasteiger partial charge >= 0.3 is 0 Å². The number of aryl methyl sites for hydroxylation is 2. The van der Waals surface area contributed by atoms with E-state index in [0.717, 1.165) is 35.7 Å². The van der Waals surface area contributed by atoms with Crippen LogP contribution in [-0.2, 0) is 17.6 Å². The van der Waals surface area contributed by atoms with Gasteiger partial charge in [-0.25, -0.2) is 4.98 Å². The van der Waals surface area contributed by atoms with Crippen LogP contribution < -0.4 is 15.0 Å². The lowest BCUT2D eigenvalue weighted by atomic mass is 9.95. The minimum Gasteiger partial charge on any atom is -0.497 e. The van der Waals surface area contributed by atoms with Crippen LogP contribution in [0.5, 0.6) is 5.75 Å². The molecule has 0 bridgehead atoms. The molecule has 3 rings (SSSR count). The molecule has 0 saturated carbocycles. The van der Waals surface area contributed by atoms with Crippen LogP contribution in [0.15, 0.2) is 35.4 Å². The van der Waals surface area contributed by atoms with Gasteiger partial charge in [0.25, 0.3) is 5.03 Å². The van der Waals surface area contributed by atoms with Crippen LogP contribution in [0.3, 0.4) is 0 Å². The highest BCUT2D eigenvalue weighted by Gasteiger charge is 2.21. The zero-order valence-corrected chi connectivity index (χ0v) is 14.9. The van der Waals surface area contributed by atoms with E-state index in [2.05, 4.69) is 16.4 Å². The molecule has 1 aromatic carbocycles. The highest BCUT2D eigenvalue weighted by atomic mass is 32.2. The van der Waals surface area contributed by atoms with Crippen LogP contribution in [-0.4, -0.2) is 18.8 Å². The van der Waals surface area contributed by atoms with E-state index >= 15 is 0 Å². The van der Waals surface area contributed by atoms with Crippen molar-refractivity contribution in [2.24, 2.45) is 0 Å². The second kappa shape index (κ2) is 8.04. The van der Waals surface area contributed by atoms with E-state index in [-0.39, 0.29) is 11.7 Å². The highest BCUT2D eigenvalue weighted by Crippen LogP contribution is 2.24. The molecule has 0 spiro atoms. The van der Waals surface area contributed by atoms with E-state index in [0.29, 0.717) is 5.56 Å². The maximum atomic E-state index is 12.2. The number of hydrogen-bond acceptors (Lipinski definition) is 4. The Hall–Kier alpha value is -2.52. The Balaban J connectivity index is 1.64. The molecular formula is C19H20N3O2S+. The first kappa shape index (κ1) is 17.3. The number of anilines is 1. The molecular weight excluding hydrogens is 334 g/mol. The third kappa shape index (κ3) is 4.31. The van der Waals surface area contributed by atoms with Gasteiger partial charge in [0.1, 0.15) is 17.4 Å². The molecule has 2 aromatic rings. The quantitative estimate of drug-likeness (QED) is 0.838. The number of fused-ring (bicyclic) bond motifs is 1. The van der Waals surface area contributed by atoms with Crippen molar-refractivity contribution in [2.45, 2.75) is 30.7 Å². The predicted octanol–water partition coefficient (Wildman–Crippen LogP) is 2.99. The fourth-order valence-electron chi connectivity index (χ4n) is 2.88. The first-order valence-electron chi connectivity index (χ1n) is 8.24. The van der Waals surface area contributed by atoms with E-state index in [1.807, 2.05) is 6.07 Å². The molecule has 0 fully saturated rings. The number of hydrogen-bond donors (Lipinski definition) is 1. The molecule has 1 aliphatic carbocycles. The molecule has 0 aliphatic heterocycles. The molecule has 1 heterocycles. The Labute approximate surface area is 151 Å². The summed E-state index contributed by atoms with van der Waals surface area (Å²) in [6.07, 6.45) is 4.36.